The van der Waals surface area contributed by atoms with Crippen molar-refractivity contribution in [1.29, 1.82) is 0 Å². The molecule has 0 saturated carbocycles. The molecule has 0 radical (unpaired) electrons. The lowest BCUT2D eigenvalue weighted by Crippen LogP contribution is -2.32. The van der Waals surface area contributed by atoms with Crippen LogP contribution in [0, 0.1) is 17.6 Å². The van der Waals surface area contributed by atoms with E-state index in [1.807, 2.05) is 13.8 Å². The zero-order valence-corrected chi connectivity index (χ0v) is 10.7. The molecule has 0 aliphatic carbocycles. The molecule has 0 bridgehead atoms. The molecule has 0 aliphatic rings. The van der Waals surface area contributed by atoms with Gasteiger partial charge in [0.05, 0.1) is 0 Å². The Morgan fingerprint density at radius 2 is 2.00 bits per heavy atom. The highest BCUT2D eigenvalue weighted by atomic mass is 79.9. The third-order valence-corrected chi connectivity index (χ3v) is 2.67. The van der Waals surface area contributed by atoms with Gasteiger partial charge in [0.2, 0.25) is 5.82 Å². The van der Waals surface area contributed by atoms with Crippen molar-refractivity contribution in [1.82, 2.24) is 0 Å². The predicted octanol–water partition coefficient (Wildman–Crippen LogP) is 3.09. The molecule has 1 aromatic carbocycles. The average molecular weight is 294 g/mol. The predicted molar refractivity (Wildman–Crippen MR) is 62.4 cm³/mol. The third kappa shape index (κ3) is 3.15. The lowest BCUT2D eigenvalue weighted by molar-refractivity contribution is 0.151. The first-order valence-electron chi connectivity index (χ1n) is 4.97. The SMILES string of the molecule is CC(C)C(CN)Oc1cc(Br)cc(F)c1F. The molecule has 0 fully saturated rings. The molecule has 2 N–H and O–H groups in total. The van der Waals surface area contributed by atoms with E-state index in [0.717, 1.165) is 6.07 Å². The first-order chi connectivity index (χ1) is 7.45. The van der Waals surface area contributed by atoms with E-state index in [1.54, 1.807) is 0 Å². The summed E-state index contributed by atoms with van der Waals surface area (Å²) in [5, 5.41) is 0. The van der Waals surface area contributed by atoms with Gasteiger partial charge in [-0.3, -0.25) is 0 Å². The molecule has 0 saturated heterocycles. The summed E-state index contributed by atoms with van der Waals surface area (Å²) in [5.41, 5.74) is 5.49. The highest BCUT2D eigenvalue weighted by molar-refractivity contribution is 9.10. The van der Waals surface area contributed by atoms with Crippen molar-refractivity contribution in [2.24, 2.45) is 11.7 Å². The average Bonchev–Trinajstić information content (AvgIpc) is 2.20. The molecule has 1 rings (SSSR count). The molecule has 0 aliphatic heterocycles. The quantitative estimate of drug-likeness (QED) is 0.866. The maximum absolute atomic E-state index is 13.4. The summed E-state index contributed by atoms with van der Waals surface area (Å²) in [7, 11) is 0. The Morgan fingerprint density at radius 3 is 2.50 bits per heavy atom. The Hall–Kier alpha value is -0.680. The van der Waals surface area contributed by atoms with Crippen LogP contribution >= 0.6 is 15.9 Å². The van der Waals surface area contributed by atoms with Crippen LogP contribution in [0.3, 0.4) is 0 Å². The van der Waals surface area contributed by atoms with Gasteiger partial charge in [0.25, 0.3) is 0 Å². The summed E-state index contributed by atoms with van der Waals surface area (Å²) in [6.07, 6.45) is -0.330. The summed E-state index contributed by atoms with van der Waals surface area (Å²) in [6, 6.07) is 2.44. The van der Waals surface area contributed by atoms with Crippen molar-refractivity contribution < 1.29 is 13.5 Å². The Morgan fingerprint density at radius 1 is 1.38 bits per heavy atom. The summed E-state index contributed by atoms with van der Waals surface area (Å²) < 4.78 is 32.2. The molecular formula is C11H14BrF2NO. The first kappa shape index (κ1) is 13.4. The molecular weight excluding hydrogens is 280 g/mol. The minimum atomic E-state index is -0.984. The Bertz CT molecular complexity index is 371. The fourth-order valence-electron chi connectivity index (χ4n) is 1.24. The normalized spacial score (nSPS) is 12.9. The number of hydrogen-bond donors (Lipinski definition) is 1. The van der Waals surface area contributed by atoms with E-state index in [1.165, 1.54) is 6.07 Å². The van der Waals surface area contributed by atoms with E-state index in [4.69, 9.17) is 10.5 Å². The van der Waals surface area contributed by atoms with Crippen LogP contribution in [0.15, 0.2) is 16.6 Å². The van der Waals surface area contributed by atoms with E-state index < -0.39 is 11.6 Å². The zero-order chi connectivity index (χ0) is 12.3. The second kappa shape index (κ2) is 5.59. The van der Waals surface area contributed by atoms with Crippen LogP contribution in [0.5, 0.6) is 5.75 Å². The molecule has 5 heteroatoms. The van der Waals surface area contributed by atoms with Crippen molar-refractivity contribution in [2.45, 2.75) is 20.0 Å². The van der Waals surface area contributed by atoms with Crippen molar-refractivity contribution >= 4 is 15.9 Å². The van der Waals surface area contributed by atoms with Crippen LogP contribution < -0.4 is 10.5 Å². The van der Waals surface area contributed by atoms with Crippen molar-refractivity contribution in [3.05, 3.63) is 28.2 Å². The first-order valence-corrected chi connectivity index (χ1v) is 5.76. The van der Waals surface area contributed by atoms with Gasteiger partial charge < -0.3 is 10.5 Å². The van der Waals surface area contributed by atoms with E-state index >= 15 is 0 Å². The van der Waals surface area contributed by atoms with Crippen molar-refractivity contribution in [2.75, 3.05) is 6.54 Å². The van der Waals surface area contributed by atoms with Gasteiger partial charge in [0.1, 0.15) is 6.10 Å². The topological polar surface area (TPSA) is 35.2 Å². The largest absolute Gasteiger partial charge is 0.486 e. The minimum absolute atomic E-state index is 0.115. The summed E-state index contributed by atoms with van der Waals surface area (Å²) in [5.74, 6) is -1.91. The van der Waals surface area contributed by atoms with E-state index in [2.05, 4.69) is 15.9 Å². The number of ether oxygens (including phenoxy) is 1. The number of rotatable bonds is 4. The number of benzene rings is 1. The smallest absolute Gasteiger partial charge is 0.200 e. The van der Waals surface area contributed by atoms with Crippen LogP contribution in [0.25, 0.3) is 0 Å². The van der Waals surface area contributed by atoms with Crippen LogP contribution in [-0.4, -0.2) is 12.6 Å². The molecule has 0 heterocycles. The standard InChI is InChI=1S/C11H14BrF2NO/c1-6(2)10(5-15)16-9-4-7(12)3-8(13)11(9)14/h3-4,6,10H,5,15H2,1-2H3. The number of hydrogen-bond acceptors (Lipinski definition) is 2. The van der Waals surface area contributed by atoms with E-state index in [0.29, 0.717) is 4.47 Å². The minimum Gasteiger partial charge on any atom is -0.486 e. The van der Waals surface area contributed by atoms with Crippen LogP contribution in [0.1, 0.15) is 13.8 Å². The van der Waals surface area contributed by atoms with E-state index in [-0.39, 0.29) is 24.3 Å². The Balaban J connectivity index is 2.96. The second-order valence-electron chi connectivity index (χ2n) is 3.84. The number of halogens is 3. The molecule has 0 spiro atoms. The molecule has 0 aromatic heterocycles. The van der Waals surface area contributed by atoms with Gasteiger partial charge in [0, 0.05) is 11.0 Å². The molecule has 2 nitrogen and oxygen atoms in total. The van der Waals surface area contributed by atoms with Gasteiger partial charge in [-0.1, -0.05) is 29.8 Å². The van der Waals surface area contributed by atoms with Crippen molar-refractivity contribution in [3.8, 4) is 5.75 Å². The van der Waals surface area contributed by atoms with Gasteiger partial charge in [-0.25, -0.2) is 4.39 Å². The monoisotopic (exact) mass is 293 g/mol. The fourth-order valence-corrected chi connectivity index (χ4v) is 1.65. The molecule has 16 heavy (non-hydrogen) atoms. The second-order valence-corrected chi connectivity index (χ2v) is 4.75. The van der Waals surface area contributed by atoms with Gasteiger partial charge in [-0.2, -0.15) is 4.39 Å². The zero-order valence-electron chi connectivity index (χ0n) is 9.14. The number of nitrogens with two attached hydrogens (primary N) is 1. The van der Waals surface area contributed by atoms with E-state index in [9.17, 15) is 8.78 Å². The maximum atomic E-state index is 13.4. The van der Waals surface area contributed by atoms with Crippen LogP contribution in [0.2, 0.25) is 0 Å². The lowest BCUT2D eigenvalue weighted by atomic mass is 10.1. The Kier molecular flexibility index (Phi) is 4.68. The fraction of sp³-hybridized carbons (Fsp3) is 0.455. The highest BCUT2D eigenvalue weighted by Crippen LogP contribution is 2.27. The molecule has 90 valence electrons. The lowest BCUT2D eigenvalue weighted by Gasteiger charge is -2.21. The third-order valence-electron chi connectivity index (χ3n) is 2.21. The molecule has 1 aromatic rings. The van der Waals surface area contributed by atoms with Gasteiger partial charge in [-0.05, 0) is 18.1 Å². The van der Waals surface area contributed by atoms with Gasteiger partial charge >= 0.3 is 0 Å². The van der Waals surface area contributed by atoms with Gasteiger partial charge in [-0.15, -0.1) is 0 Å². The van der Waals surface area contributed by atoms with Gasteiger partial charge in [0.15, 0.2) is 11.6 Å². The molecule has 0 amide bonds. The van der Waals surface area contributed by atoms with Crippen LogP contribution in [-0.2, 0) is 0 Å². The summed E-state index contributed by atoms with van der Waals surface area (Å²) in [6.45, 7) is 4.07. The molecule has 1 atom stereocenters. The summed E-state index contributed by atoms with van der Waals surface area (Å²) in [4.78, 5) is 0. The maximum Gasteiger partial charge on any atom is 0.200 e. The van der Waals surface area contributed by atoms with Crippen LogP contribution in [0.4, 0.5) is 8.78 Å². The summed E-state index contributed by atoms with van der Waals surface area (Å²) >= 11 is 3.08. The molecule has 1 unspecified atom stereocenters. The highest BCUT2D eigenvalue weighted by Gasteiger charge is 2.18. The van der Waals surface area contributed by atoms with Crippen molar-refractivity contribution in [3.63, 3.8) is 0 Å². The Labute approximate surface area is 102 Å².